The monoisotopic (exact) mass is 437 g/mol. The Morgan fingerprint density at radius 3 is 2.59 bits per heavy atom. The van der Waals surface area contributed by atoms with Gasteiger partial charge in [0.2, 0.25) is 5.96 Å². The van der Waals surface area contributed by atoms with Crippen LogP contribution in [-0.2, 0) is 13.1 Å². The number of nitrogens with zero attached hydrogens (tertiary/aromatic N) is 3. The first-order valence-electron chi connectivity index (χ1n) is 10.4. The standard InChI is InChI=1S/C24H28FN5O2/c1-6-30-17(4)19(16(3)29-30)14-26-24(27-21-13-15(2)11-12-22(21)32-5)28-23(31)18-9-7-8-10-20(18)25/h7-13H,6,14H2,1-5H3,(H2,26,27,28,31). The van der Waals surface area contributed by atoms with E-state index >= 15 is 0 Å². The van der Waals surface area contributed by atoms with Crippen molar-refractivity contribution in [3.63, 3.8) is 0 Å². The number of aromatic nitrogens is 2. The Hall–Kier alpha value is -3.68. The SMILES string of the molecule is CCn1nc(C)c(CN=C(NC(=O)c2ccccc2F)Nc2cc(C)ccc2OC)c1C. The van der Waals surface area contributed by atoms with Crippen molar-refractivity contribution in [3.8, 4) is 5.75 Å². The molecule has 2 aromatic carbocycles. The van der Waals surface area contributed by atoms with Crippen LogP contribution >= 0.6 is 0 Å². The van der Waals surface area contributed by atoms with Crippen LogP contribution in [0.1, 0.15) is 39.8 Å². The number of carbonyl (C=O) groups is 1. The number of ether oxygens (including phenoxy) is 1. The molecule has 0 aliphatic heterocycles. The summed E-state index contributed by atoms with van der Waals surface area (Å²) in [5.74, 6) is -0.424. The normalized spacial score (nSPS) is 11.4. The van der Waals surface area contributed by atoms with Crippen molar-refractivity contribution >= 4 is 17.6 Å². The molecule has 2 N–H and O–H groups in total. The molecule has 0 saturated carbocycles. The number of guanidine groups is 1. The largest absolute Gasteiger partial charge is 0.495 e. The number of halogens is 1. The fraction of sp³-hybridized carbons (Fsp3) is 0.292. The summed E-state index contributed by atoms with van der Waals surface area (Å²) in [5, 5.41) is 10.4. The fourth-order valence-corrected chi connectivity index (χ4v) is 3.41. The van der Waals surface area contributed by atoms with Gasteiger partial charge in [-0.2, -0.15) is 5.10 Å². The number of carbonyl (C=O) groups excluding carboxylic acids is 1. The molecule has 0 fully saturated rings. The van der Waals surface area contributed by atoms with Gasteiger partial charge >= 0.3 is 0 Å². The lowest BCUT2D eigenvalue weighted by Crippen LogP contribution is -2.36. The van der Waals surface area contributed by atoms with E-state index < -0.39 is 11.7 Å². The number of nitrogens with one attached hydrogen (secondary N) is 2. The summed E-state index contributed by atoms with van der Waals surface area (Å²) >= 11 is 0. The zero-order valence-electron chi connectivity index (χ0n) is 19.0. The topological polar surface area (TPSA) is 80.5 Å². The van der Waals surface area contributed by atoms with E-state index in [0.717, 1.165) is 29.1 Å². The van der Waals surface area contributed by atoms with Gasteiger partial charge < -0.3 is 10.1 Å². The number of hydrogen-bond donors (Lipinski definition) is 2. The van der Waals surface area contributed by atoms with Crippen LogP contribution in [0.3, 0.4) is 0 Å². The molecule has 7 nitrogen and oxygen atoms in total. The number of methoxy groups -OCH3 is 1. The highest BCUT2D eigenvalue weighted by atomic mass is 19.1. The molecule has 168 valence electrons. The second-order valence-corrected chi connectivity index (χ2v) is 7.39. The number of hydrogen-bond acceptors (Lipinski definition) is 4. The van der Waals surface area contributed by atoms with Gasteiger partial charge in [0.25, 0.3) is 5.91 Å². The Morgan fingerprint density at radius 2 is 1.94 bits per heavy atom. The van der Waals surface area contributed by atoms with Gasteiger partial charge in [-0.05, 0) is 57.5 Å². The average Bonchev–Trinajstić information content (AvgIpc) is 3.05. The van der Waals surface area contributed by atoms with E-state index in [1.165, 1.54) is 18.2 Å². The van der Waals surface area contributed by atoms with Gasteiger partial charge in [-0.15, -0.1) is 0 Å². The lowest BCUT2D eigenvalue weighted by molar-refractivity contribution is 0.0973. The molecule has 1 heterocycles. The van der Waals surface area contributed by atoms with Crippen molar-refractivity contribution in [2.75, 3.05) is 12.4 Å². The molecule has 0 unspecified atom stereocenters. The molecule has 32 heavy (non-hydrogen) atoms. The number of aryl methyl sites for hydroxylation is 3. The third-order valence-electron chi connectivity index (χ3n) is 5.18. The summed E-state index contributed by atoms with van der Waals surface area (Å²) in [6, 6.07) is 11.4. The van der Waals surface area contributed by atoms with Gasteiger partial charge in [0.05, 0.1) is 30.6 Å². The summed E-state index contributed by atoms with van der Waals surface area (Å²) in [6.45, 7) is 8.95. The molecule has 0 aliphatic rings. The lowest BCUT2D eigenvalue weighted by Gasteiger charge is -2.15. The Labute approximate surface area is 187 Å². The molecule has 1 amide bonds. The average molecular weight is 438 g/mol. The zero-order chi connectivity index (χ0) is 23.3. The highest BCUT2D eigenvalue weighted by molar-refractivity contribution is 6.10. The minimum absolute atomic E-state index is 0.0654. The maximum absolute atomic E-state index is 14.1. The summed E-state index contributed by atoms with van der Waals surface area (Å²) < 4.78 is 21.5. The minimum Gasteiger partial charge on any atom is -0.495 e. The van der Waals surface area contributed by atoms with E-state index in [9.17, 15) is 9.18 Å². The van der Waals surface area contributed by atoms with Crippen molar-refractivity contribution in [2.24, 2.45) is 4.99 Å². The Balaban J connectivity index is 1.95. The van der Waals surface area contributed by atoms with E-state index in [2.05, 4.69) is 20.7 Å². The lowest BCUT2D eigenvalue weighted by atomic mass is 10.2. The molecule has 8 heteroatoms. The van der Waals surface area contributed by atoms with Crippen molar-refractivity contribution in [2.45, 2.75) is 40.8 Å². The molecule has 0 atom stereocenters. The van der Waals surface area contributed by atoms with Gasteiger partial charge in [0, 0.05) is 17.8 Å². The number of anilines is 1. The minimum atomic E-state index is -0.603. The van der Waals surface area contributed by atoms with E-state index in [1.807, 2.05) is 50.6 Å². The highest BCUT2D eigenvalue weighted by Gasteiger charge is 2.16. The first-order chi connectivity index (χ1) is 15.3. The third kappa shape index (κ3) is 5.14. The van der Waals surface area contributed by atoms with E-state index in [1.54, 1.807) is 13.2 Å². The molecule has 0 aliphatic carbocycles. The fourth-order valence-electron chi connectivity index (χ4n) is 3.41. The smallest absolute Gasteiger partial charge is 0.260 e. The summed E-state index contributed by atoms with van der Waals surface area (Å²) in [4.78, 5) is 17.4. The Morgan fingerprint density at radius 1 is 1.19 bits per heavy atom. The van der Waals surface area contributed by atoms with Gasteiger partial charge in [-0.3, -0.25) is 14.8 Å². The van der Waals surface area contributed by atoms with Crippen LogP contribution in [0.15, 0.2) is 47.5 Å². The van der Waals surface area contributed by atoms with Crippen molar-refractivity contribution in [3.05, 3.63) is 76.4 Å². The summed E-state index contributed by atoms with van der Waals surface area (Å²) in [7, 11) is 1.57. The van der Waals surface area contributed by atoms with Crippen LogP contribution in [-0.4, -0.2) is 28.8 Å². The summed E-state index contributed by atoms with van der Waals surface area (Å²) in [5.41, 5.74) is 4.44. The molecule has 0 bridgehead atoms. The number of rotatable bonds is 6. The van der Waals surface area contributed by atoms with Crippen LogP contribution in [0.5, 0.6) is 5.75 Å². The molecular weight excluding hydrogens is 409 g/mol. The first-order valence-corrected chi connectivity index (χ1v) is 10.4. The zero-order valence-corrected chi connectivity index (χ0v) is 19.0. The highest BCUT2D eigenvalue weighted by Crippen LogP contribution is 2.25. The number of amides is 1. The maximum Gasteiger partial charge on any atom is 0.260 e. The Kier molecular flexibility index (Phi) is 7.25. The summed E-state index contributed by atoms with van der Waals surface area (Å²) in [6.07, 6.45) is 0. The second-order valence-electron chi connectivity index (χ2n) is 7.39. The van der Waals surface area contributed by atoms with Crippen LogP contribution in [0.2, 0.25) is 0 Å². The van der Waals surface area contributed by atoms with Gasteiger partial charge in [0.15, 0.2) is 0 Å². The van der Waals surface area contributed by atoms with Crippen molar-refractivity contribution in [1.29, 1.82) is 0 Å². The van der Waals surface area contributed by atoms with Gasteiger partial charge in [-0.1, -0.05) is 18.2 Å². The number of benzene rings is 2. The molecule has 0 radical (unpaired) electrons. The van der Waals surface area contributed by atoms with E-state index in [0.29, 0.717) is 18.0 Å². The predicted molar refractivity (Wildman–Crippen MR) is 124 cm³/mol. The molecule has 3 rings (SSSR count). The predicted octanol–water partition coefficient (Wildman–Crippen LogP) is 4.37. The van der Waals surface area contributed by atoms with Crippen molar-refractivity contribution < 1.29 is 13.9 Å². The second kappa shape index (κ2) is 10.1. The van der Waals surface area contributed by atoms with Crippen molar-refractivity contribution in [1.82, 2.24) is 15.1 Å². The molecule has 0 saturated heterocycles. The van der Waals surface area contributed by atoms with Gasteiger partial charge in [-0.25, -0.2) is 9.38 Å². The van der Waals surface area contributed by atoms with E-state index in [-0.39, 0.29) is 11.5 Å². The maximum atomic E-state index is 14.1. The molecule has 3 aromatic rings. The van der Waals surface area contributed by atoms with Crippen LogP contribution < -0.4 is 15.4 Å². The quantitative estimate of drug-likeness (QED) is 0.443. The van der Waals surface area contributed by atoms with Crippen LogP contribution in [0.25, 0.3) is 0 Å². The van der Waals surface area contributed by atoms with E-state index in [4.69, 9.17) is 4.74 Å². The first kappa shape index (κ1) is 23.0. The number of aliphatic imine (C=N–C) groups is 1. The van der Waals surface area contributed by atoms with Crippen LogP contribution in [0, 0.1) is 26.6 Å². The Bertz CT molecular complexity index is 1150. The molecule has 0 spiro atoms. The van der Waals surface area contributed by atoms with Crippen LogP contribution in [0.4, 0.5) is 10.1 Å². The third-order valence-corrected chi connectivity index (χ3v) is 5.18. The molecular formula is C24H28FN5O2. The van der Waals surface area contributed by atoms with Gasteiger partial charge in [0.1, 0.15) is 11.6 Å². The molecule has 1 aromatic heterocycles.